The van der Waals surface area contributed by atoms with E-state index in [9.17, 15) is 33.6 Å². The zero-order chi connectivity index (χ0) is 52.5. The maximum atomic E-state index is 13.7. The maximum Gasteiger partial charge on any atom is 0.276 e. The van der Waals surface area contributed by atoms with Gasteiger partial charge in [-0.3, -0.25) is 53.8 Å². The van der Waals surface area contributed by atoms with E-state index in [1.807, 2.05) is 6.92 Å². The van der Waals surface area contributed by atoms with Gasteiger partial charge in [0.1, 0.15) is 33.1 Å². The van der Waals surface area contributed by atoms with E-state index in [1.54, 1.807) is 59.0 Å². The number of likely N-dealkylation sites (tertiary alicyclic amines) is 1. The fraction of sp³-hybridized carbons (Fsp3) is 0.408. The highest BCUT2D eigenvalue weighted by atomic mass is 32.2. The second kappa shape index (κ2) is 23.7. The lowest BCUT2D eigenvalue weighted by molar-refractivity contribution is -0.139. The molecule has 1 unspecified atom stereocenters. The van der Waals surface area contributed by atoms with Gasteiger partial charge in [-0.25, -0.2) is 9.97 Å². The summed E-state index contributed by atoms with van der Waals surface area (Å²) in [6, 6.07) is 9.31. The number of anilines is 2. The van der Waals surface area contributed by atoms with Crippen LogP contribution in [0.1, 0.15) is 105 Å². The summed E-state index contributed by atoms with van der Waals surface area (Å²) in [6.07, 6.45) is 7.18. The molecule has 0 aliphatic carbocycles. The van der Waals surface area contributed by atoms with Crippen LogP contribution in [-0.2, 0) is 34.0 Å². The van der Waals surface area contributed by atoms with Gasteiger partial charge in [-0.1, -0.05) is 31.9 Å². The van der Waals surface area contributed by atoms with E-state index >= 15 is 0 Å². The number of carbonyl (C=O) groups excluding carboxylic acids is 7. The molecule has 7 amide bonds. The Balaban J connectivity index is 1.12. The van der Waals surface area contributed by atoms with Crippen molar-refractivity contribution < 1.29 is 43.0 Å². The van der Waals surface area contributed by atoms with Crippen molar-refractivity contribution in [3.8, 4) is 11.5 Å². The maximum absolute atomic E-state index is 13.7. The number of imide groups is 1. The van der Waals surface area contributed by atoms with Crippen LogP contribution in [0.2, 0.25) is 0 Å². The molecule has 6 aromatic rings. The largest absolute Gasteiger partial charge is 0.494 e. The average Bonchev–Trinajstić information content (AvgIpc) is 4.19. The second-order valence-electron chi connectivity index (χ2n) is 17.3. The Morgan fingerprint density at radius 3 is 2.07 bits per heavy atom. The summed E-state index contributed by atoms with van der Waals surface area (Å²) in [4.78, 5) is 104. The molecule has 24 heteroatoms. The summed E-state index contributed by atoms with van der Waals surface area (Å²) in [6.45, 7) is 8.54. The number of hydrogen-bond acceptors (Lipinski definition) is 15. The molecular formula is C49H59N13O9S2. The van der Waals surface area contributed by atoms with Crippen LogP contribution in [0.3, 0.4) is 0 Å². The summed E-state index contributed by atoms with van der Waals surface area (Å²) < 4.78 is 21.2. The smallest absolute Gasteiger partial charge is 0.276 e. The number of ether oxygens (including phenoxy) is 2. The molecule has 73 heavy (non-hydrogen) atoms. The minimum atomic E-state index is -0.739. The van der Waals surface area contributed by atoms with Crippen molar-refractivity contribution in [2.45, 2.75) is 91.1 Å². The fourth-order valence-electron chi connectivity index (χ4n) is 8.29. The number of amides is 7. The van der Waals surface area contributed by atoms with Crippen LogP contribution in [0.25, 0.3) is 22.1 Å². The number of allylic oxidation sites excluding steroid dienone is 2. The van der Waals surface area contributed by atoms with Crippen molar-refractivity contribution in [3.05, 3.63) is 81.6 Å². The normalized spacial score (nSPS) is 13.7. The minimum absolute atomic E-state index is 0.00963. The Hall–Kier alpha value is -7.60. The number of imidazole rings is 2. The second-order valence-corrected chi connectivity index (χ2v) is 19.4. The summed E-state index contributed by atoms with van der Waals surface area (Å²) >= 11 is 2.53. The first-order valence-corrected chi connectivity index (χ1v) is 25.6. The van der Waals surface area contributed by atoms with E-state index in [4.69, 9.17) is 25.9 Å². The standard InChI is InChI=1S/C49H59N13O9S2/c1-7-9-12-20-72-38-27-40(64)59(47(38)69)18-14-39(63)58(5)15-13-19-71-36-26-31(44(51)66)24-33-42(36)61(49(53-33)55-46(68)37-22-29(4)57-73-37)17-11-10-16-60-41-32(23-30(43(50)65)25-35(41)70-6)52-48(60)54-45(67)34-21-28(3)56-62(34)8-2/h10-11,21-26,38H,7-9,12-20,27H2,1-6H3,(H2,50,65)(H2,51,66)(H,52,54,67)(H,53,55,68)/b11-10+. The molecule has 386 valence electrons. The summed E-state index contributed by atoms with van der Waals surface area (Å²) in [5.74, 6) is -1.54. The molecule has 1 aliphatic rings. The number of rotatable bonds is 25. The summed E-state index contributed by atoms with van der Waals surface area (Å²) in [5, 5.41) is 9.76. The van der Waals surface area contributed by atoms with Gasteiger partial charge in [0.2, 0.25) is 41.4 Å². The zero-order valence-corrected chi connectivity index (χ0v) is 43.2. The molecular weight excluding hydrogens is 979 g/mol. The minimum Gasteiger partial charge on any atom is -0.494 e. The third-order valence-corrected chi connectivity index (χ3v) is 14.2. The molecule has 5 heterocycles. The van der Waals surface area contributed by atoms with Crippen molar-refractivity contribution in [1.82, 2.24) is 43.1 Å². The van der Waals surface area contributed by atoms with Gasteiger partial charge < -0.3 is 35.0 Å². The number of methoxy groups -OCH3 is 1. The van der Waals surface area contributed by atoms with Gasteiger partial charge in [0.15, 0.2) is 0 Å². The van der Waals surface area contributed by atoms with E-state index in [2.05, 4.69) is 32.0 Å². The third kappa shape index (κ3) is 12.4. The van der Waals surface area contributed by atoms with Crippen LogP contribution in [-0.4, -0.2) is 129 Å². The van der Waals surface area contributed by atoms with E-state index in [-0.39, 0.29) is 103 Å². The highest BCUT2D eigenvalue weighted by molar-refractivity contribution is 8.00. The topological polar surface area (TPSA) is 287 Å². The molecule has 1 fully saturated rings. The highest BCUT2D eigenvalue weighted by Gasteiger charge is 2.38. The third-order valence-electron chi connectivity index (χ3n) is 12.0. The first kappa shape index (κ1) is 53.2. The monoisotopic (exact) mass is 1040 g/mol. The van der Waals surface area contributed by atoms with Crippen LogP contribution in [0.4, 0.5) is 11.9 Å². The number of aryl methyl sites for hydroxylation is 3. The van der Waals surface area contributed by atoms with Crippen LogP contribution in [0, 0.1) is 13.8 Å². The van der Waals surface area contributed by atoms with E-state index in [1.165, 1.54) is 52.9 Å². The van der Waals surface area contributed by atoms with Crippen LogP contribution >= 0.6 is 23.3 Å². The van der Waals surface area contributed by atoms with Gasteiger partial charge in [-0.2, -0.15) is 9.47 Å². The number of fused-ring (bicyclic) bond motifs is 2. The highest BCUT2D eigenvalue weighted by Crippen LogP contribution is 2.34. The number of primary amides is 2. The van der Waals surface area contributed by atoms with Crippen molar-refractivity contribution in [3.63, 3.8) is 0 Å². The Kier molecular flexibility index (Phi) is 17.3. The Bertz CT molecular complexity index is 3120. The van der Waals surface area contributed by atoms with E-state index < -0.39 is 28.9 Å². The first-order chi connectivity index (χ1) is 35.0. The van der Waals surface area contributed by atoms with Crippen molar-refractivity contribution >= 4 is 98.6 Å². The molecule has 1 aliphatic heterocycles. The fourth-order valence-corrected chi connectivity index (χ4v) is 10.1. The van der Waals surface area contributed by atoms with Gasteiger partial charge in [-0.05, 0) is 87.3 Å². The van der Waals surface area contributed by atoms with E-state index in [0.717, 1.165) is 36.5 Å². The lowest BCUT2D eigenvalue weighted by Gasteiger charge is -2.20. The number of hydrogen-bond donors (Lipinski definition) is 4. The number of nitrogens with zero attached hydrogens (tertiary/aromatic N) is 9. The predicted octanol–water partition coefficient (Wildman–Crippen LogP) is 5.31. The Labute approximate surface area is 429 Å². The molecule has 22 nitrogen and oxygen atoms in total. The molecule has 4 aromatic heterocycles. The zero-order valence-electron chi connectivity index (χ0n) is 41.6. The SMILES string of the molecule is CCCCCSC1CC(=O)N(CCC(=O)N(C)CCCOc2cc(C(N)=O)cc3nc(NC(=O)c4cc(C)ns4)n(C/C=C/Cn4c(NC(=O)c5cc(C)nn5CC)nc5cc(C(N)=O)cc(OC)c54)c23)C1=O. The van der Waals surface area contributed by atoms with Crippen molar-refractivity contribution in [1.29, 1.82) is 0 Å². The quantitative estimate of drug-likeness (QED) is 0.0321. The van der Waals surface area contributed by atoms with Gasteiger partial charge in [0, 0.05) is 63.7 Å². The van der Waals surface area contributed by atoms with Gasteiger partial charge in [0.05, 0.1) is 41.4 Å². The lowest BCUT2D eigenvalue weighted by Crippen LogP contribution is -2.36. The van der Waals surface area contributed by atoms with Crippen molar-refractivity contribution in [2.75, 3.05) is 50.2 Å². The number of thioether (sulfide) groups is 1. The number of benzene rings is 2. The first-order valence-electron chi connectivity index (χ1n) is 23.8. The number of nitrogens with two attached hydrogens (primary N) is 2. The van der Waals surface area contributed by atoms with Crippen LogP contribution in [0.15, 0.2) is 48.6 Å². The van der Waals surface area contributed by atoms with Crippen LogP contribution in [0.5, 0.6) is 11.5 Å². The summed E-state index contributed by atoms with van der Waals surface area (Å²) in [7, 11) is 3.08. The Morgan fingerprint density at radius 1 is 0.849 bits per heavy atom. The molecule has 0 saturated carbocycles. The molecule has 6 N–H and O–H groups in total. The number of unbranched alkanes of at least 4 members (excludes halogenated alkanes) is 2. The van der Waals surface area contributed by atoms with Gasteiger partial charge in [0.25, 0.3) is 11.8 Å². The molecule has 7 rings (SSSR count). The molecule has 0 radical (unpaired) electrons. The van der Waals surface area contributed by atoms with Crippen LogP contribution < -0.4 is 31.6 Å². The molecule has 1 saturated heterocycles. The summed E-state index contributed by atoms with van der Waals surface area (Å²) in [5.41, 5.74) is 14.8. The number of nitrogens with one attached hydrogen (secondary N) is 2. The molecule has 0 spiro atoms. The predicted molar refractivity (Wildman–Crippen MR) is 277 cm³/mol. The van der Waals surface area contributed by atoms with E-state index in [0.29, 0.717) is 51.5 Å². The number of aromatic nitrogens is 7. The molecule has 0 bridgehead atoms. The Morgan fingerprint density at radius 2 is 1.48 bits per heavy atom. The number of carbonyl (C=O) groups is 7. The van der Waals surface area contributed by atoms with Gasteiger partial charge >= 0.3 is 0 Å². The molecule has 1 atom stereocenters. The van der Waals surface area contributed by atoms with Gasteiger partial charge in [-0.15, -0.1) is 11.8 Å². The lowest BCUT2D eigenvalue weighted by atomic mass is 10.1. The van der Waals surface area contributed by atoms with Crippen molar-refractivity contribution in [2.24, 2.45) is 11.5 Å². The average molecular weight is 1040 g/mol. The molecule has 2 aromatic carbocycles.